The highest BCUT2D eigenvalue weighted by Crippen LogP contribution is 2.17. The van der Waals surface area contributed by atoms with Crippen LogP contribution in [0.2, 0.25) is 0 Å². The van der Waals surface area contributed by atoms with Gasteiger partial charge in [0.25, 0.3) is 5.91 Å². The van der Waals surface area contributed by atoms with Gasteiger partial charge in [0, 0.05) is 24.2 Å². The fourth-order valence-corrected chi connectivity index (χ4v) is 2.92. The zero-order valence-corrected chi connectivity index (χ0v) is 15.1. The van der Waals surface area contributed by atoms with E-state index in [1.807, 2.05) is 6.07 Å². The molecule has 1 saturated heterocycles. The van der Waals surface area contributed by atoms with Gasteiger partial charge < -0.3 is 14.4 Å². The Morgan fingerprint density at radius 3 is 2.19 bits per heavy atom. The van der Waals surface area contributed by atoms with Gasteiger partial charge in [-0.05, 0) is 13.0 Å². The summed E-state index contributed by atoms with van der Waals surface area (Å²) >= 11 is 0. The summed E-state index contributed by atoms with van der Waals surface area (Å²) in [6.45, 7) is 3.44. The quantitative estimate of drug-likeness (QED) is 0.599. The molecule has 6 nitrogen and oxygen atoms in total. The van der Waals surface area contributed by atoms with Gasteiger partial charge in [-0.2, -0.15) is 0 Å². The molecule has 0 N–H and O–H groups in total. The summed E-state index contributed by atoms with van der Waals surface area (Å²) in [4.78, 5) is 39.4. The average molecular weight is 367 g/mol. The second kappa shape index (κ2) is 8.60. The first kappa shape index (κ1) is 18.8. The van der Waals surface area contributed by atoms with Crippen LogP contribution < -0.4 is 0 Å². The fourth-order valence-electron chi connectivity index (χ4n) is 2.92. The van der Waals surface area contributed by atoms with Crippen molar-refractivity contribution in [3.05, 3.63) is 71.3 Å². The monoisotopic (exact) mass is 367 g/mol. The largest absolute Gasteiger partial charge is 0.449 e. The number of amides is 1. The number of ether oxygens (including phenoxy) is 2. The smallest absolute Gasteiger partial charge is 0.339 e. The van der Waals surface area contributed by atoms with Crippen LogP contribution in [0.25, 0.3) is 0 Å². The van der Waals surface area contributed by atoms with Crippen molar-refractivity contribution in [3.8, 4) is 0 Å². The minimum absolute atomic E-state index is 0.146. The molecule has 140 valence electrons. The maximum Gasteiger partial charge on any atom is 0.339 e. The third-order valence-corrected chi connectivity index (χ3v) is 4.38. The van der Waals surface area contributed by atoms with E-state index < -0.39 is 12.1 Å². The minimum Gasteiger partial charge on any atom is -0.449 e. The molecule has 1 heterocycles. The summed E-state index contributed by atoms with van der Waals surface area (Å²) in [5, 5.41) is 0. The van der Waals surface area contributed by atoms with E-state index >= 15 is 0 Å². The van der Waals surface area contributed by atoms with Crippen LogP contribution in [-0.2, 0) is 14.3 Å². The molecule has 0 aromatic heterocycles. The van der Waals surface area contributed by atoms with Crippen molar-refractivity contribution in [2.75, 3.05) is 26.3 Å². The molecule has 1 amide bonds. The summed E-state index contributed by atoms with van der Waals surface area (Å²) in [6.07, 6.45) is -0.935. The van der Waals surface area contributed by atoms with Crippen molar-refractivity contribution in [2.24, 2.45) is 0 Å². The van der Waals surface area contributed by atoms with Crippen molar-refractivity contribution in [1.82, 2.24) is 4.90 Å². The molecule has 6 heteroatoms. The molecule has 2 aromatic carbocycles. The molecular weight excluding hydrogens is 346 g/mol. The van der Waals surface area contributed by atoms with Crippen LogP contribution in [0, 0.1) is 0 Å². The van der Waals surface area contributed by atoms with Crippen molar-refractivity contribution in [2.45, 2.75) is 13.0 Å². The molecule has 1 unspecified atom stereocenters. The Labute approximate surface area is 157 Å². The van der Waals surface area contributed by atoms with Crippen LogP contribution in [0.4, 0.5) is 0 Å². The highest BCUT2D eigenvalue weighted by Gasteiger charge is 2.27. The molecular formula is C21H21NO5. The van der Waals surface area contributed by atoms with E-state index in [9.17, 15) is 14.4 Å². The molecule has 2 aromatic rings. The number of ketones is 1. The molecule has 0 spiro atoms. The lowest BCUT2D eigenvalue weighted by Gasteiger charge is -2.29. The van der Waals surface area contributed by atoms with Gasteiger partial charge in [0.1, 0.15) is 0 Å². The SMILES string of the molecule is CC(OC(=O)c1ccccc1C(=O)c1ccccc1)C(=O)N1CCOCC1. The normalized spacial score (nSPS) is 15.1. The summed E-state index contributed by atoms with van der Waals surface area (Å²) in [7, 11) is 0. The maximum absolute atomic E-state index is 12.7. The molecule has 0 bridgehead atoms. The highest BCUT2D eigenvalue weighted by molar-refractivity contribution is 6.14. The molecule has 1 aliphatic rings. The number of rotatable bonds is 5. The molecule has 1 atom stereocenters. The lowest BCUT2D eigenvalue weighted by Crippen LogP contribution is -2.46. The second-order valence-electron chi connectivity index (χ2n) is 6.23. The van der Waals surface area contributed by atoms with E-state index in [2.05, 4.69) is 0 Å². The van der Waals surface area contributed by atoms with Gasteiger partial charge in [0.05, 0.1) is 18.8 Å². The highest BCUT2D eigenvalue weighted by atomic mass is 16.5. The third kappa shape index (κ3) is 4.41. The van der Waals surface area contributed by atoms with E-state index in [1.165, 1.54) is 13.0 Å². The molecule has 27 heavy (non-hydrogen) atoms. The Balaban J connectivity index is 1.75. The predicted molar refractivity (Wildman–Crippen MR) is 98.6 cm³/mol. The molecule has 1 aliphatic heterocycles. The fraction of sp³-hybridized carbons (Fsp3) is 0.286. The van der Waals surface area contributed by atoms with Crippen LogP contribution in [0.15, 0.2) is 54.6 Å². The van der Waals surface area contributed by atoms with Crippen LogP contribution in [-0.4, -0.2) is 55.0 Å². The Morgan fingerprint density at radius 1 is 0.926 bits per heavy atom. The van der Waals surface area contributed by atoms with E-state index in [4.69, 9.17) is 9.47 Å². The van der Waals surface area contributed by atoms with Crippen LogP contribution in [0.5, 0.6) is 0 Å². The Kier molecular flexibility index (Phi) is 5.98. The van der Waals surface area contributed by atoms with Gasteiger partial charge >= 0.3 is 5.97 Å². The number of morpholine rings is 1. The van der Waals surface area contributed by atoms with Crippen molar-refractivity contribution >= 4 is 17.7 Å². The summed E-state index contributed by atoms with van der Waals surface area (Å²) in [6, 6.07) is 15.2. The van der Waals surface area contributed by atoms with Crippen LogP contribution in [0.1, 0.15) is 33.2 Å². The second-order valence-corrected chi connectivity index (χ2v) is 6.23. The first-order chi connectivity index (χ1) is 13.1. The Morgan fingerprint density at radius 2 is 1.52 bits per heavy atom. The van der Waals surface area contributed by atoms with Gasteiger partial charge in [-0.25, -0.2) is 4.79 Å². The van der Waals surface area contributed by atoms with Crippen molar-refractivity contribution < 1.29 is 23.9 Å². The van der Waals surface area contributed by atoms with Gasteiger partial charge in [-0.3, -0.25) is 9.59 Å². The summed E-state index contributed by atoms with van der Waals surface area (Å²) in [5.74, 6) is -1.22. The first-order valence-corrected chi connectivity index (χ1v) is 8.84. The summed E-state index contributed by atoms with van der Waals surface area (Å²) in [5.41, 5.74) is 0.878. The lowest BCUT2D eigenvalue weighted by molar-refractivity contribution is -0.143. The van der Waals surface area contributed by atoms with Gasteiger partial charge in [-0.1, -0.05) is 48.5 Å². The Hall–Kier alpha value is -2.99. The molecule has 0 aliphatic carbocycles. The summed E-state index contributed by atoms with van der Waals surface area (Å²) < 4.78 is 10.6. The molecule has 0 saturated carbocycles. The standard InChI is InChI=1S/C21H21NO5/c1-15(20(24)22-11-13-26-14-12-22)27-21(25)18-10-6-5-9-17(18)19(23)16-7-3-2-4-8-16/h2-10,15H,11-14H2,1H3. The van der Waals surface area contributed by atoms with Gasteiger partial charge in [0.15, 0.2) is 11.9 Å². The Bertz CT molecular complexity index is 827. The number of nitrogens with zero attached hydrogens (tertiary/aromatic N) is 1. The predicted octanol–water partition coefficient (Wildman–Crippen LogP) is 2.32. The molecule has 1 fully saturated rings. The zero-order chi connectivity index (χ0) is 19.2. The number of hydrogen-bond donors (Lipinski definition) is 0. The maximum atomic E-state index is 12.7. The van der Waals surface area contributed by atoms with Crippen molar-refractivity contribution in [1.29, 1.82) is 0 Å². The third-order valence-electron chi connectivity index (χ3n) is 4.38. The van der Waals surface area contributed by atoms with E-state index in [0.29, 0.717) is 31.9 Å². The van der Waals surface area contributed by atoms with E-state index in [1.54, 1.807) is 47.4 Å². The number of esters is 1. The number of carbonyl (C=O) groups is 3. The average Bonchev–Trinajstić information content (AvgIpc) is 2.73. The van der Waals surface area contributed by atoms with Gasteiger partial charge in [-0.15, -0.1) is 0 Å². The first-order valence-electron chi connectivity index (χ1n) is 8.84. The lowest BCUT2D eigenvalue weighted by atomic mass is 9.98. The zero-order valence-electron chi connectivity index (χ0n) is 15.1. The molecule has 3 rings (SSSR count). The van der Waals surface area contributed by atoms with Crippen LogP contribution >= 0.6 is 0 Å². The number of carbonyl (C=O) groups excluding carboxylic acids is 3. The van der Waals surface area contributed by atoms with Crippen LogP contribution in [0.3, 0.4) is 0 Å². The van der Waals surface area contributed by atoms with Crippen molar-refractivity contribution in [3.63, 3.8) is 0 Å². The number of hydrogen-bond acceptors (Lipinski definition) is 5. The number of benzene rings is 2. The topological polar surface area (TPSA) is 72.9 Å². The molecule has 0 radical (unpaired) electrons. The van der Waals surface area contributed by atoms with Gasteiger partial charge in [0.2, 0.25) is 0 Å². The van der Waals surface area contributed by atoms with E-state index in [0.717, 1.165) is 0 Å². The van der Waals surface area contributed by atoms with E-state index in [-0.39, 0.29) is 22.8 Å². The minimum atomic E-state index is -0.935.